The van der Waals surface area contributed by atoms with E-state index in [0.717, 1.165) is 45.6 Å². The smallest absolute Gasteiger partial charge is 0.236 e. The lowest BCUT2D eigenvalue weighted by molar-refractivity contribution is -0.131. The maximum absolute atomic E-state index is 12.1. The standard InChI is InChI=1S/C19H31N3O2/c1-21(15-17-6-4-3-5-7-17)16-18-8-11-22(12-9-18)19(23)14-20-10-13-24-2/h3-7,18,20H,8-16H2,1-2H3. The van der Waals surface area contributed by atoms with Crippen LogP contribution in [0.2, 0.25) is 0 Å². The highest BCUT2D eigenvalue weighted by Crippen LogP contribution is 2.19. The first-order chi connectivity index (χ1) is 11.7. The van der Waals surface area contributed by atoms with E-state index in [-0.39, 0.29) is 5.91 Å². The first-order valence-electron chi connectivity index (χ1n) is 8.89. The minimum absolute atomic E-state index is 0.210. The summed E-state index contributed by atoms with van der Waals surface area (Å²) in [5.74, 6) is 0.895. The molecule has 0 saturated carbocycles. The van der Waals surface area contributed by atoms with Gasteiger partial charge in [-0.25, -0.2) is 0 Å². The van der Waals surface area contributed by atoms with E-state index in [1.807, 2.05) is 4.90 Å². The molecule has 1 aliphatic rings. The summed E-state index contributed by atoms with van der Waals surface area (Å²) in [7, 11) is 3.85. The molecule has 5 nitrogen and oxygen atoms in total. The van der Waals surface area contributed by atoms with Gasteiger partial charge in [-0.15, -0.1) is 0 Å². The molecule has 1 heterocycles. The minimum Gasteiger partial charge on any atom is -0.383 e. The fraction of sp³-hybridized carbons (Fsp3) is 0.632. The van der Waals surface area contributed by atoms with Crippen molar-refractivity contribution in [2.75, 3.05) is 53.5 Å². The lowest BCUT2D eigenvalue weighted by Gasteiger charge is -2.34. The maximum atomic E-state index is 12.1. The molecule has 0 radical (unpaired) electrons. The van der Waals surface area contributed by atoms with Crippen molar-refractivity contribution in [3.8, 4) is 0 Å². The zero-order valence-corrected chi connectivity index (χ0v) is 15.0. The zero-order valence-electron chi connectivity index (χ0n) is 15.0. The molecule has 1 amide bonds. The summed E-state index contributed by atoms with van der Waals surface area (Å²) in [6, 6.07) is 10.6. The van der Waals surface area contributed by atoms with Crippen molar-refractivity contribution in [1.29, 1.82) is 0 Å². The molecule has 0 bridgehead atoms. The Hall–Kier alpha value is -1.43. The molecule has 0 aliphatic carbocycles. The molecule has 2 rings (SSSR count). The molecule has 5 heteroatoms. The summed E-state index contributed by atoms with van der Waals surface area (Å²) in [6.45, 7) is 5.64. The van der Waals surface area contributed by atoms with Crippen LogP contribution in [0.4, 0.5) is 0 Å². The van der Waals surface area contributed by atoms with Gasteiger partial charge in [-0.2, -0.15) is 0 Å². The zero-order chi connectivity index (χ0) is 17.2. The van der Waals surface area contributed by atoms with Crippen molar-refractivity contribution in [2.24, 2.45) is 5.92 Å². The number of carbonyl (C=O) groups excluding carboxylic acids is 1. The average molecular weight is 333 g/mol. The van der Waals surface area contributed by atoms with E-state index in [2.05, 4.69) is 47.6 Å². The molecule has 0 atom stereocenters. The summed E-state index contributed by atoms with van der Waals surface area (Å²) in [6.07, 6.45) is 2.20. The van der Waals surface area contributed by atoms with Crippen molar-refractivity contribution in [3.05, 3.63) is 35.9 Å². The molecule has 1 N–H and O–H groups in total. The second-order valence-electron chi connectivity index (χ2n) is 6.68. The number of nitrogens with zero attached hydrogens (tertiary/aromatic N) is 2. The number of nitrogens with one attached hydrogen (secondary N) is 1. The molecule has 0 spiro atoms. The highest BCUT2D eigenvalue weighted by atomic mass is 16.5. The molecule has 1 fully saturated rings. The number of hydrogen-bond acceptors (Lipinski definition) is 4. The van der Waals surface area contributed by atoms with E-state index >= 15 is 0 Å². The van der Waals surface area contributed by atoms with E-state index < -0.39 is 0 Å². The Kier molecular flexibility index (Phi) is 8.22. The van der Waals surface area contributed by atoms with Gasteiger partial charge in [0.25, 0.3) is 0 Å². The Morgan fingerprint density at radius 1 is 1.29 bits per heavy atom. The Morgan fingerprint density at radius 2 is 2.00 bits per heavy atom. The van der Waals surface area contributed by atoms with E-state index in [4.69, 9.17) is 4.74 Å². The van der Waals surface area contributed by atoms with Gasteiger partial charge in [0.15, 0.2) is 0 Å². The van der Waals surface area contributed by atoms with Crippen LogP contribution in [0.1, 0.15) is 18.4 Å². The summed E-state index contributed by atoms with van der Waals surface area (Å²) < 4.78 is 4.97. The predicted molar refractivity (Wildman–Crippen MR) is 96.8 cm³/mol. The largest absolute Gasteiger partial charge is 0.383 e. The van der Waals surface area contributed by atoms with Gasteiger partial charge in [-0.05, 0) is 31.4 Å². The predicted octanol–water partition coefficient (Wildman–Crippen LogP) is 1.59. The number of carbonyl (C=O) groups is 1. The summed E-state index contributed by atoms with van der Waals surface area (Å²) >= 11 is 0. The van der Waals surface area contributed by atoms with E-state index in [1.165, 1.54) is 5.56 Å². The van der Waals surface area contributed by atoms with Gasteiger partial charge in [0, 0.05) is 39.8 Å². The molecule has 1 aliphatic heterocycles. The second-order valence-corrected chi connectivity index (χ2v) is 6.68. The summed E-state index contributed by atoms with van der Waals surface area (Å²) in [5.41, 5.74) is 1.36. The maximum Gasteiger partial charge on any atom is 0.236 e. The van der Waals surface area contributed by atoms with Crippen LogP contribution in [0.25, 0.3) is 0 Å². The number of rotatable bonds is 9. The molecule has 0 aromatic heterocycles. The molecule has 24 heavy (non-hydrogen) atoms. The quantitative estimate of drug-likeness (QED) is 0.697. The third-order valence-electron chi connectivity index (χ3n) is 4.59. The van der Waals surface area contributed by atoms with Gasteiger partial charge in [-0.3, -0.25) is 4.79 Å². The van der Waals surface area contributed by atoms with E-state index in [9.17, 15) is 4.79 Å². The fourth-order valence-electron chi connectivity index (χ4n) is 3.25. The van der Waals surface area contributed by atoms with Crippen molar-refractivity contribution < 1.29 is 9.53 Å². The van der Waals surface area contributed by atoms with Crippen LogP contribution < -0.4 is 5.32 Å². The van der Waals surface area contributed by atoms with E-state index in [1.54, 1.807) is 7.11 Å². The van der Waals surface area contributed by atoms with Crippen molar-refractivity contribution in [1.82, 2.24) is 15.1 Å². The lowest BCUT2D eigenvalue weighted by Crippen LogP contribution is -2.44. The molecular weight excluding hydrogens is 302 g/mol. The molecule has 1 aromatic rings. The normalized spacial score (nSPS) is 15.9. The number of likely N-dealkylation sites (tertiary alicyclic amines) is 1. The topological polar surface area (TPSA) is 44.8 Å². The Morgan fingerprint density at radius 3 is 2.67 bits per heavy atom. The number of piperidine rings is 1. The van der Waals surface area contributed by atoms with Gasteiger partial charge in [0.1, 0.15) is 0 Å². The van der Waals surface area contributed by atoms with Crippen LogP contribution >= 0.6 is 0 Å². The Bertz CT molecular complexity index is 473. The van der Waals surface area contributed by atoms with Gasteiger partial charge < -0.3 is 19.9 Å². The second kappa shape index (κ2) is 10.4. The van der Waals surface area contributed by atoms with Gasteiger partial charge >= 0.3 is 0 Å². The first kappa shape index (κ1) is 18.9. The van der Waals surface area contributed by atoms with Crippen molar-refractivity contribution in [2.45, 2.75) is 19.4 Å². The highest BCUT2D eigenvalue weighted by molar-refractivity contribution is 5.78. The van der Waals surface area contributed by atoms with Crippen LogP contribution in [0.5, 0.6) is 0 Å². The van der Waals surface area contributed by atoms with Crippen LogP contribution in [0.3, 0.4) is 0 Å². The van der Waals surface area contributed by atoms with Crippen molar-refractivity contribution >= 4 is 5.91 Å². The van der Waals surface area contributed by atoms with Crippen LogP contribution in [0, 0.1) is 5.92 Å². The van der Waals surface area contributed by atoms with Crippen LogP contribution in [-0.4, -0.2) is 69.2 Å². The van der Waals surface area contributed by atoms with Crippen LogP contribution in [-0.2, 0) is 16.1 Å². The monoisotopic (exact) mass is 333 g/mol. The number of benzene rings is 1. The molecule has 134 valence electrons. The van der Waals surface area contributed by atoms with Crippen molar-refractivity contribution in [3.63, 3.8) is 0 Å². The Labute approximate surface area is 146 Å². The lowest BCUT2D eigenvalue weighted by atomic mass is 9.96. The molecule has 1 aromatic carbocycles. The van der Waals surface area contributed by atoms with Crippen LogP contribution in [0.15, 0.2) is 30.3 Å². The fourth-order valence-corrected chi connectivity index (χ4v) is 3.25. The van der Waals surface area contributed by atoms with Gasteiger partial charge in [-0.1, -0.05) is 30.3 Å². The number of methoxy groups -OCH3 is 1. The molecular formula is C19H31N3O2. The molecule has 1 saturated heterocycles. The van der Waals surface area contributed by atoms with E-state index in [0.29, 0.717) is 19.1 Å². The number of ether oxygens (including phenoxy) is 1. The minimum atomic E-state index is 0.210. The number of amides is 1. The third kappa shape index (κ3) is 6.59. The first-order valence-corrected chi connectivity index (χ1v) is 8.89. The Balaban J connectivity index is 1.64. The highest BCUT2D eigenvalue weighted by Gasteiger charge is 2.23. The number of hydrogen-bond donors (Lipinski definition) is 1. The van der Waals surface area contributed by atoms with Gasteiger partial charge in [0.2, 0.25) is 5.91 Å². The average Bonchev–Trinajstić information content (AvgIpc) is 2.60. The summed E-state index contributed by atoms with van der Waals surface area (Å²) in [5, 5.41) is 3.13. The van der Waals surface area contributed by atoms with Gasteiger partial charge in [0.05, 0.1) is 13.2 Å². The SMILES string of the molecule is COCCNCC(=O)N1CCC(CN(C)Cc2ccccc2)CC1. The molecule has 0 unspecified atom stereocenters. The summed E-state index contributed by atoms with van der Waals surface area (Å²) in [4.78, 5) is 16.5. The third-order valence-corrected chi connectivity index (χ3v) is 4.59.